The van der Waals surface area contributed by atoms with Crippen molar-refractivity contribution >= 4 is 67.7 Å². The van der Waals surface area contributed by atoms with E-state index >= 15 is 0 Å². The van der Waals surface area contributed by atoms with Gasteiger partial charge in [-0.2, -0.15) is 4.31 Å². The van der Waals surface area contributed by atoms with Crippen LogP contribution in [0.25, 0.3) is 0 Å². The summed E-state index contributed by atoms with van der Waals surface area (Å²) in [4.78, 5) is 13.3. The van der Waals surface area contributed by atoms with Gasteiger partial charge in [0, 0.05) is 34.9 Å². The summed E-state index contributed by atoms with van der Waals surface area (Å²) >= 11 is 17.8. The van der Waals surface area contributed by atoms with Crippen LogP contribution in [0.3, 0.4) is 0 Å². The molecule has 11 heteroatoms. The summed E-state index contributed by atoms with van der Waals surface area (Å²) in [5, 5.41) is 6.95. The molecule has 182 valence electrons. The molecule has 0 amide bonds. The van der Waals surface area contributed by atoms with E-state index < -0.39 is 10.0 Å². The van der Waals surface area contributed by atoms with Crippen molar-refractivity contribution in [2.75, 3.05) is 36.9 Å². The summed E-state index contributed by atoms with van der Waals surface area (Å²) in [7, 11) is -3.59. The summed E-state index contributed by atoms with van der Waals surface area (Å²) in [6.07, 6.45) is 0. The number of rotatable bonds is 6. The number of nitrogens with zero attached hydrogens (tertiary/aromatic N) is 1. The highest BCUT2D eigenvalue weighted by molar-refractivity contribution is 7.89. The van der Waals surface area contributed by atoms with E-state index in [2.05, 4.69) is 10.6 Å². The Morgan fingerprint density at radius 1 is 0.914 bits per heavy atom. The highest BCUT2D eigenvalue weighted by Crippen LogP contribution is 2.27. The normalized spacial score (nSPS) is 14.3. The largest absolute Gasteiger partial charge is 0.379 e. The second kappa shape index (κ2) is 11.0. The second-order valence-electron chi connectivity index (χ2n) is 7.62. The summed E-state index contributed by atoms with van der Waals surface area (Å²) in [5.74, 6) is -0.305. The minimum Gasteiger partial charge on any atom is -0.379 e. The number of nitrogens with one attached hydrogen (secondary N) is 2. The lowest BCUT2D eigenvalue weighted by Crippen LogP contribution is -2.40. The molecule has 3 aromatic carbocycles. The van der Waals surface area contributed by atoms with E-state index in [9.17, 15) is 13.2 Å². The molecule has 1 heterocycles. The second-order valence-corrected chi connectivity index (χ2v) is 10.8. The third-order valence-corrected chi connectivity index (χ3v) is 7.99. The lowest BCUT2D eigenvalue weighted by molar-refractivity contribution is 0.0730. The van der Waals surface area contributed by atoms with Gasteiger partial charge in [-0.1, -0.05) is 35.3 Å². The number of thiocarbonyl (C=S) groups is 1. The van der Waals surface area contributed by atoms with Crippen molar-refractivity contribution in [3.05, 3.63) is 87.9 Å². The Morgan fingerprint density at radius 2 is 1.60 bits per heavy atom. The summed E-state index contributed by atoms with van der Waals surface area (Å²) < 4.78 is 32.2. The fraction of sp³-hybridized carbons (Fsp3) is 0.167. The van der Waals surface area contributed by atoms with Gasteiger partial charge in [-0.25, -0.2) is 8.42 Å². The van der Waals surface area contributed by atoms with Crippen LogP contribution >= 0.6 is 35.4 Å². The molecule has 1 saturated heterocycles. The van der Waals surface area contributed by atoms with Crippen molar-refractivity contribution in [2.45, 2.75) is 4.90 Å². The van der Waals surface area contributed by atoms with Gasteiger partial charge in [0.15, 0.2) is 10.9 Å². The number of morpholine rings is 1. The first kappa shape index (κ1) is 25.6. The fourth-order valence-corrected chi connectivity index (χ4v) is 5.56. The molecule has 1 aliphatic heterocycles. The quantitative estimate of drug-likeness (QED) is 0.328. The van der Waals surface area contributed by atoms with E-state index in [0.29, 0.717) is 58.9 Å². The number of hydrogen-bond donors (Lipinski definition) is 2. The van der Waals surface area contributed by atoms with E-state index in [1.165, 1.54) is 16.4 Å². The Hall–Kier alpha value is -2.53. The van der Waals surface area contributed by atoms with Crippen molar-refractivity contribution in [1.82, 2.24) is 4.31 Å². The number of halogens is 2. The van der Waals surface area contributed by atoms with Crippen molar-refractivity contribution in [2.24, 2.45) is 0 Å². The molecule has 1 aliphatic rings. The van der Waals surface area contributed by atoms with E-state index in [1.54, 1.807) is 54.6 Å². The van der Waals surface area contributed by atoms with E-state index in [1.807, 2.05) is 0 Å². The zero-order valence-electron chi connectivity index (χ0n) is 18.3. The maximum atomic E-state index is 13.1. The number of sulfonamides is 1. The molecular weight excluding hydrogens is 529 g/mol. The molecular formula is C24H21Cl2N3O4S2. The molecule has 2 N–H and O–H groups in total. The SMILES string of the molecule is O=C(c1ccccc1Cl)c1cc(Cl)ccc1NC(=S)Nc1ccc(S(=O)(=O)N2CCOCC2)cc1. The number of benzene rings is 3. The summed E-state index contributed by atoms with van der Waals surface area (Å²) in [6, 6.07) is 17.9. The van der Waals surface area contributed by atoms with Gasteiger partial charge in [-0.15, -0.1) is 0 Å². The molecule has 0 saturated carbocycles. The summed E-state index contributed by atoms with van der Waals surface area (Å²) in [5.41, 5.74) is 1.68. The molecule has 7 nitrogen and oxygen atoms in total. The number of ether oxygens (including phenoxy) is 1. The van der Waals surface area contributed by atoms with Gasteiger partial charge in [0.05, 0.1) is 28.8 Å². The smallest absolute Gasteiger partial charge is 0.243 e. The van der Waals surface area contributed by atoms with Crippen LogP contribution in [0.2, 0.25) is 10.0 Å². The third-order valence-electron chi connectivity index (χ3n) is 5.31. The fourth-order valence-electron chi connectivity index (χ4n) is 3.53. The van der Waals surface area contributed by atoms with Crippen LogP contribution in [0.15, 0.2) is 71.6 Å². The van der Waals surface area contributed by atoms with E-state index in [-0.39, 0.29) is 15.8 Å². The van der Waals surface area contributed by atoms with Crippen LogP contribution in [0.1, 0.15) is 15.9 Å². The van der Waals surface area contributed by atoms with Crippen LogP contribution in [-0.4, -0.2) is 49.9 Å². The number of hydrogen-bond acceptors (Lipinski definition) is 5. The van der Waals surface area contributed by atoms with Gasteiger partial charge in [0.1, 0.15) is 0 Å². The van der Waals surface area contributed by atoms with Crippen LogP contribution < -0.4 is 10.6 Å². The number of carbonyl (C=O) groups is 1. The average Bonchev–Trinajstić information content (AvgIpc) is 2.86. The van der Waals surface area contributed by atoms with Crippen molar-refractivity contribution in [1.29, 1.82) is 0 Å². The average molecular weight is 550 g/mol. The molecule has 35 heavy (non-hydrogen) atoms. The minimum absolute atomic E-state index is 0.189. The number of ketones is 1. The van der Waals surface area contributed by atoms with Gasteiger partial charge in [0.2, 0.25) is 10.0 Å². The molecule has 0 unspecified atom stereocenters. The van der Waals surface area contributed by atoms with Crippen molar-refractivity contribution in [3.8, 4) is 0 Å². The zero-order valence-corrected chi connectivity index (χ0v) is 21.5. The highest BCUT2D eigenvalue weighted by atomic mass is 35.5. The Bertz CT molecular complexity index is 1360. The number of carbonyl (C=O) groups excluding carboxylic acids is 1. The molecule has 1 fully saturated rings. The van der Waals surface area contributed by atoms with Gasteiger partial charge in [0.25, 0.3) is 0 Å². The molecule has 4 rings (SSSR count). The Morgan fingerprint density at radius 3 is 2.29 bits per heavy atom. The highest BCUT2D eigenvalue weighted by Gasteiger charge is 2.26. The molecule has 0 radical (unpaired) electrons. The molecule has 0 aliphatic carbocycles. The molecule has 3 aromatic rings. The maximum absolute atomic E-state index is 13.1. The standard InChI is InChI=1S/C24H21Cl2N3O4S2/c25-16-5-10-22(20(15-16)23(30)19-3-1-2-4-21(19)26)28-24(34)27-17-6-8-18(9-7-17)35(31,32)29-11-13-33-14-12-29/h1-10,15H,11-14H2,(H2,27,28,34). The van der Waals surface area contributed by atoms with Crippen LogP contribution in [0.4, 0.5) is 11.4 Å². The Labute approximate surface area is 219 Å². The van der Waals surface area contributed by atoms with Crippen LogP contribution in [0, 0.1) is 0 Å². The van der Waals surface area contributed by atoms with Crippen molar-refractivity contribution < 1.29 is 17.9 Å². The topological polar surface area (TPSA) is 87.7 Å². The molecule has 0 bridgehead atoms. The minimum atomic E-state index is -3.59. The molecule has 0 aromatic heterocycles. The van der Waals surface area contributed by atoms with Crippen LogP contribution in [-0.2, 0) is 14.8 Å². The number of anilines is 2. The zero-order chi connectivity index (χ0) is 25.0. The van der Waals surface area contributed by atoms with Gasteiger partial charge >= 0.3 is 0 Å². The first-order chi connectivity index (χ1) is 16.8. The first-order valence-corrected chi connectivity index (χ1v) is 13.2. The van der Waals surface area contributed by atoms with E-state index in [4.69, 9.17) is 40.2 Å². The summed E-state index contributed by atoms with van der Waals surface area (Å²) in [6.45, 7) is 1.41. The third kappa shape index (κ3) is 6.00. The maximum Gasteiger partial charge on any atom is 0.243 e. The first-order valence-electron chi connectivity index (χ1n) is 10.6. The van der Waals surface area contributed by atoms with E-state index in [0.717, 1.165) is 0 Å². The van der Waals surface area contributed by atoms with Gasteiger partial charge in [-0.3, -0.25) is 4.79 Å². The van der Waals surface area contributed by atoms with Gasteiger partial charge in [-0.05, 0) is 66.8 Å². The van der Waals surface area contributed by atoms with Crippen molar-refractivity contribution in [3.63, 3.8) is 0 Å². The molecule has 0 atom stereocenters. The van der Waals surface area contributed by atoms with Crippen LogP contribution in [0.5, 0.6) is 0 Å². The Balaban J connectivity index is 1.48. The molecule has 0 spiro atoms. The monoisotopic (exact) mass is 549 g/mol. The predicted octanol–water partition coefficient (Wildman–Crippen LogP) is 5.05. The lowest BCUT2D eigenvalue weighted by Gasteiger charge is -2.26. The predicted molar refractivity (Wildman–Crippen MR) is 142 cm³/mol. The Kier molecular flexibility index (Phi) is 8.05. The van der Waals surface area contributed by atoms with Gasteiger partial charge < -0.3 is 15.4 Å². The lowest BCUT2D eigenvalue weighted by atomic mass is 10.0.